The van der Waals surface area contributed by atoms with Gasteiger partial charge in [-0.05, 0) is 6.92 Å². The van der Waals surface area contributed by atoms with Crippen molar-refractivity contribution in [3.05, 3.63) is 59.6 Å². The first-order chi connectivity index (χ1) is 8.17. The minimum absolute atomic E-state index is 0.270. The van der Waals surface area contributed by atoms with Crippen molar-refractivity contribution in [3.63, 3.8) is 0 Å². The first kappa shape index (κ1) is 13.3. The number of aliphatic hydroxyl groups excluding tert-OH is 1. The maximum atomic E-state index is 13.6. The normalized spacial score (nSPS) is 12.6. The summed E-state index contributed by atoms with van der Waals surface area (Å²) in [6.07, 6.45) is 2.83. The molecule has 0 aliphatic carbocycles. The molecule has 0 aliphatic rings. The molecule has 0 fully saturated rings. The quantitative estimate of drug-likeness (QED) is 0.472. The lowest BCUT2D eigenvalue weighted by atomic mass is 10.2. The van der Waals surface area contributed by atoms with Crippen molar-refractivity contribution in [2.75, 3.05) is 6.61 Å². The third-order valence-electron chi connectivity index (χ3n) is 2.35. The van der Waals surface area contributed by atoms with Crippen molar-refractivity contribution >= 4 is 6.72 Å². The van der Waals surface area contributed by atoms with Crippen LogP contribution < -0.4 is 0 Å². The zero-order valence-corrected chi connectivity index (χ0v) is 9.94. The second-order valence-corrected chi connectivity index (χ2v) is 3.68. The molecule has 0 amide bonds. The van der Waals surface area contributed by atoms with Gasteiger partial charge in [-0.3, -0.25) is 0 Å². The molecule has 0 atom stereocenters. The van der Waals surface area contributed by atoms with Gasteiger partial charge in [0.05, 0.1) is 6.61 Å². The number of allylic oxidation sites excluding steroid dienone is 1. The van der Waals surface area contributed by atoms with Crippen molar-refractivity contribution in [2.24, 2.45) is 0 Å². The Bertz CT molecular complexity index is 435. The fourth-order valence-electron chi connectivity index (χ4n) is 1.41. The SMILES string of the molecule is C=[N+](/C=C(F)\C(=C/C)CO)Cc1ccccc1. The van der Waals surface area contributed by atoms with Crippen molar-refractivity contribution in [1.82, 2.24) is 0 Å². The second kappa shape index (κ2) is 6.76. The van der Waals surface area contributed by atoms with E-state index in [1.165, 1.54) is 10.8 Å². The van der Waals surface area contributed by atoms with E-state index in [4.69, 9.17) is 5.11 Å². The van der Waals surface area contributed by atoms with Crippen LogP contribution in [0.5, 0.6) is 0 Å². The second-order valence-electron chi connectivity index (χ2n) is 3.68. The molecule has 90 valence electrons. The van der Waals surface area contributed by atoms with Crippen LogP contribution in [-0.4, -0.2) is 23.0 Å². The highest BCUT2D eigenvalue weighted by atomic mass is 19.1. The smallest absolute Gasteiger partial charge is 0.204 e. The van der Waals surface area contributed by atoms with Crippen molar-refractivity contribution in [3.8, 4) is 0 Å². The monoisotopic (exact) mass is 234 g/mol. The maximum Gasteiger partial charge on any atom is 0.204 e. The number of hydrogen-bond donors (Lipinski definition) is 1. The van der Waals surface area contributed by atoms with Crippen LogP contribution >= 0.6 is 0 Å². The summed E-state index contributed by atoms with van der Waals surface area (Å²) < 4.78 is 15.1. The standard InChI is InChI=1S/C14H17FNO/c1-3-13(11-17)14(15)10-16(2)9-12-7-5-4-6-8-12/h3-8,10,17H,2,9,11H2,1H3/q+1/b13-3-,14-10+. The molecule has 0 saturated carbocycles. The Morgan fingerprint density at radius 1 is 1.41 bits per heavy atom. The molecule has 1 N–H and O–H groups in total. The largest absolute Gasteiger partial charge is 0.392 e. The van der Waals surface area contributed by atoms with Gasteiger partial charge in [0.25, 0.3) is 0 Å². The van der Waals surface area contributed by atoms with E-state index in [0.29, 0.717) is 6.54 Å². The molecule has 1 aromatic carbocycles. The average Bonchev–Trinajstić information content (AvgIpc) is 2.31. The van der Waals surface area contributed by atoms with Gasteiger partial charge in [0.1, 0.15) is 6.72 Å². The lowest BCUT2D eigenvalue weighted by Crippen LogP contribution is -2.03. The van der Waals surface area contributed by atoms with E-state index in [1.54, 1.807) is 13.0 Å². The number of rotatable bonds is 5. The molecule has 0 unspecified atom stereocenters. The van der Waals surface area contributed by atoms with Gasteiger partial charge in [-0.2, -0.15) is 4.39 Å². The zero-order chi connectivity index (χ0) is 12.7. The minimum atomic E-state index is -0.457. The molecule has 2 nitrogen and oxygen atoms in total. The Morgan fingerprint density at radius 3 is 2.59 bits per heavy atom. The maximum absolute atomic E-state index is 13.6. The molecule has 1 rings (SSSR count). The van der Waals surface area contributed by atoms with Crippen LogP contribution in [0.15, 0.2) is 54.0 Å². The predicted octanol–water partition coefficient (Wildman–Crippen LogP) is 2.65. The number of hydrogen-bond acceptors (Lipinski definition) is 1. The van der Waals surface area contributed by atoms with Gasteiger partial charge in [-0.15, -0.1) is 0 Å². The Morgan fingerprint density at radius 2 is 2.06 bits per heavy atom. The molecule has 0 radical (unpaired) electrons. The topological polar surface area (TPSA) is 23.2 Å². The first-order valence-electron chi connectivity index (χ1n) is 5.42. The van der Waals surface area contributed by atoms with Gasteiger partial charge in [-0.1, -0.05) is 36.4 Å². The third-order valence-corrected chi connectivity index (χ3v) is 2.35. The number of benzene rings is 1. The molecule has 17 heavy (non-hydrogen) atoms. The van der Waals surface area contributed by atoms with E-state index in [9.17, 15) is 4.39 Å². The van der Waals surface area contributed by atoms with Gasteiger partial charge in [0.2, 0.25) is 6.20 Å². The summed E-state index contributed by atoms with van der Waals surface area (Å²) >= 11 is 0. The Hall–Kier alpha value is -1.74. The Kier molecular flexibility index (Phi) is 5.30. The molecule has 0 heterocycles. The van der Waals surface area contributed by atoms with Gasteiger partial charge in [-0.25, -0.2) is 4.58 Å². The molecule has 0 bridgehead atoms. The fourth-order valence-corrected chi connectivity index (χ4v) is 1.41. The lowest BCUT2D eigenvalue weighted by molar-refractivity contribution is -0.466. The van der Waals surface area contributed by atoms with Crippen LogP contribution in [0.25, 0.3) is 0 Å². The average molecular weight is 234 g/mol. The molecule has 0 aromatic heterocycles. The molecule has 1 aromatic rings. The molecule has 0 aliphatic heterocycles. The Labute approximate surface area is 101 Å². The van der Waals surface area contributed by atoms with E-state index < -0.39 is 5.83 Å². The minimum Gasteiger partial charge on any atom is -0.392 e. The van der Waals surface area contributed by atoms with E-state index in [2.05, 4.69) is 6.72 Å². The number of aliphatic hydroxyl groups is 1. The van der Waals surface area contributed by atoms with Gasteiger partial charge >= 0.3 is 0 Å². The third kappa shape index (κ3) is 4.33. The molecule has 0 spiro atoms. The van der Waals surface area contributed by atoms with Gasteiger partial charge in [0, 0.05) is 11.1 Å². The van der Waals surface area contributed by atoms with Crippen LogP contribution in [-0.2, 0) is 6.54 Å². The highest BCUT2D eigenvalue weighted by Gasteiger charge is 2.07. The summed E-state index contributed by atoms with van der Waals surface area (Å²) in [5.74, 6) is -0.457. The van der Waals surface area contributed by atoms with Gasteiger partial charge in [0.15, 0.2) is 12.4 Å². The summed E-state index contributed by atoms with van der Waals surface area (Å²) in [6, 6.07) is 9.68. The molecular weight excluding hydrogens is 217 g/mol. The molecule has 3 heteroatoms. The summed E-state index contributed by atoms with van der Waals surface area (Å²) in [4.78, 5) is 0. The van der Waals surface area contributed by atoms with E-state index in [0.717, 1.165) is 5.56 Å². The van der Waals surface area contributed by atoms with Crippen LogP contribution in [0, 0.1) is 0 Å². The molecular formula is C14H17FNO+. The number of nitrogens with zero attached hydrogens (tertiary/aromatic N) is 1. The summed E-state index contributed by atoms with van der Waals surface area (Å²) in [5, 5.41) is 8.91. The van der Waals surface area contributed by atoms with Crippen molar-refractivity contribution in [1.29, 1.82) is 0 Å². The van der Waals surface area contributed by atoms with E-state index in [-0.39, 0.29) is 12.2 Å². The van der Waals surface area contributed by atoms with E-state index in [1.807, 2.05) is 30.3 Å². The highest BCUT2D eigenvalue weighted by Crippen LogP contribution is 2.11. The first-order valence-corrected chi connectivity index (χ1v) is 5.42. The van der Waals surface area contributed by atoms with E-state index >= 15 is 0 Å². The predicted molar refractivity (Wildman–Crippen MR) is 67.6 cm³/mol. The fraction of sp³-hybridized carbons (Fsp3) is 0.214. The van der Waals surface area contributed by atoms with Crippen molar-refractivity contribution in [2.45, 2.75) is 13.5 Å². The molecule has 0 saturated heterocycles. The summed E-state index contributed by atoms with van der Waals surface area (Å²) in [6.45, 7) is 5.63. The van der Waals surface area contributed by atoms with Crippen LogP contribution in [0.1, 0.15) is 12.5 Å². The van der Waals surface area contributed by atoms with Crippen LogP contribution in [0.4, 0.5) is 4.39 Å². The zero-order valence-electron chi connectivity index (χ0n) is 9.94. The van der Waals surface area contributed by atoms with Crippen LogP contribution in [0.3, 0.4) is 0 Å². The highest BCUT2D eigenvalue weighted by molar-refractivity contribution is 5.25. The number of halogens is 1. The van der Waals surface area contributed by atoms with Gasteiger partial charge < -0.3 is 5.11 Å². The lowest BCUT2D eigenvalue weighted by Gasteiger charge is -1.99. The van der Waals surface area contributed by atoms with Crippen molar-refractivity contribution < 1.29 is 14.1 Å². The summed E-state index contributed by atoms with van der Waals surface area (Å²) in [5.41, 5.74) is 1.32. The summed E-state index contributed by atoms with van der Waals surface area (Å²) in [7, 11) is 0. The Balaban J connectivity index is 2.70. The van der Waals surface area contributed by atoms with Crippen LogP contribution in [0.2, 0.25) is 0 Å².